The van der Waals surface area contributed by atoms with E-state index in [1.54, 1.807) is 42.5 Å². The Bertz CT molecular complexity index is 641. The van der Waals surface area contributed by atoms with Gasteiger partial charge in [-0.05, 0) is 36.4 Å². The van der Waals surface area contributed by atoms with Crippen LogP contribution in [0.5, 0.6) is 0 Å². The van der Waals surface area contributed by atoms with E-state index in [-0.39, 0.29) is 5.97 Å². The van der Waals surface area contributed by atoms with E-state index in [4.69, 9.17) is 5.11 Å². The Morgan fingerprint density at radius 1 is 0.952 bits per heavy atom. The van der Waals surface area contributed by atoms with Crippen molar-refractivity contribution in [3.8, 4) is 0 Å². The Morgan fingerprint density at radius 2 is 1.43 bits per heavy atom. The average Bonchev–Trinajstić information content (AvgIpc) is 2.47. The number of carbonyl (C=O) groups is 2. The highest BCUT2D eigenvalue weighted by molar-refractivity contribution is 9.10. The molecule has 0 atom stereocenters. The number of carboxylic acid groups (broad SMARTS) is 1. The zero-order valence-corrected chi connectivity index (χ0v) is 14.2. The van der Waals surface area contributed by atoms with E-state index in [0.29, 0.717) is 11.1 Å². The molecule has 0 radical (unpaired) electrons. The molecule has 0 aromatic heterocycles. The van der Waals surface area contributed by atoms with Crippen LogP contribution in [0.2, 0.25) is 0 Å². The van der Waals surface area contributed by atoms with E-state index in [1.807, 2.05) is 6.07 Å². The van der Waals surface area contributed by atoms with Crippen LogP contribution in [0.15, 0.2) is 57.5 Å². The zero-order chi connectivity index (χ0) is 15.8. The van der Waals surface area contributed by atoms with E-state index in [1.165, 1.54) is 7.11 Å². The van der Waals surface area contributed by atoms with Crippen molar-refractivity contribution in [3.63, 3.8) is 0 Å². The quantitative estimate of drug-likeness (QED) is 0.739. The van der Waals surface area contributed by atoms with Gasteiger partial charge in [0.1, 0.15) is 0 Å². The van der Waals surface area contributed by atoms with Crippen molar-refractivity contribution in [2.75, 3.05) is 7.11 Å². The average molecular weight is 416 g/mol. The van der Waals surface area contributed by atoms with Crippen LogP contribution in [-0.2, 0) is 4.74 Å². The van der Waals surface area contributed by atoms with Crippen LogP contribution in [0.25, 0.3) is 0 Å². The molecule has 2 aromatic carbocycles. The number of hydrogen-bond donors (Lipinski definition) is 1. The molecular formula is C15H12Br2O4. The highest BCUT2D eigenvalue weighted by atomic mass is 79.9. The van der Waals surface area contributed by atoms with Crippen molar-refractivity contribution in [3.05, 3.63) is 68.6 Å². The predicted octanol–water partition coefficient (Wildman–Crippen LogP) is 4.38. The number of benzene rings is 2. The van der Waals surface area contributed by atoms with Gasteiger partial charge in [0.25, 0.3) is 0 Å². The fourth-order valence-electron chi connectivity index (χ4n) is 1.35. The van der Waals surface area contributed by atoms with E-state index < -0.39 is 5.97 Å². The Balaban J connectivity index is 0.000000211. The summed E-state index contributed by atoms with van der Waals surface area (Å²) in [6.07, 6.45) is 0. The number of halogens is 2. The lowest BCUT2D eigenvalue weighted by Gasteiger charge is -1.97. The van der Waals surface area contributed by atoms with Gasteiger partial charge in [0.2, 0.25) is 0 Å². The van der Waals surface area contributed by atoms with Crippen LogP contribution in [-0.4, -0.2) is 24.2 Å². The number of hydrogen-bond acceptors (Lipinski definition) is 3. The van der Waals surface area contributed by atoms with Gasteiger partial charge >= 0.3 is 11.9 Å². The molecule has 0 bridgehead atoms. The van der Waals surface area contributed by atoms with Gasteiger partial charge in [0, 0.05) is 8.95 Å². The fourth-order valence-corrected chi connectivity index (χ4v) is 2.15. The van der Waals surface area contributed by atoms with Gasteiger partial charge in [0.05, 0.1) is 18.2 Å². The lowest BCUT2D eigenvalue weighted by Crippen LogP contribution is -2.00. The monoisotopic (exact) mass is 414 g/mol. The third kappa shape index (κ3) is 6.10. The first-order valence-corrected chi connectivity index (χ1v) is 7.35. The second-order valence-electron chi connectivity index (χ2n) is 3.82. The van der Waals surface area contributed by atoms with Crippen molar-refractivity contribution in [1.82, 2.24) is 0 Å². The summed E-state index contributed by atoms with van der Waals surface area (Å²) in [6, 6.07) is 13.6. The molecule has 0 fully saturated rings. The summed E-state index contributed by atoms with van der Waals surface area (Å²) in [5.41, 5.74) is 0.858. The summed E-state index contributed by atoms with van der Waals surface area (Å²) in [5, 5.41) is 8.49. The van der Waals surface area contributed by atoms with Gasteiger partial charge in [-0.25, -0.2) is 9.59 Å². The van der Waals surface area contributed by atoms with Crippen LogP contribution in [0.1, 0.15) is 20.7 Å². The molecule has 2 aromatic rings. The number of methoxy groups -OCH3 is 1. The molecular weight excluding hydrogens is 404 g/mol. The highest BCUT2D eigenvalue weighted by Crippen LogP contribution is 2.12. The number of aromatic carboxylic acids is 1. The summed E-state index contributed by atoms with van der Waals surface area (Å²) < 4.78 is 6.19. The molecule has 0 saturated carbocycles. The predicted molar refractivity (Wildman–Crippen MR) is 86.6 cm³/mol. The molecule has 0 spiro atoms. The Morgan fingerprint density at radius 3 is 1.81 bits per heavy atom. The normalized spacial score (nSPS) is 9.29. The van der Waals surface area contributed by atoms with E-state index >= 15 is 0 Å². The largest absolute Gasteiger partial charge is 0.478 e. The SMILES string of the molecule is COC(=O)c1cccc(Br)c1.O=C(O)c1cccc(Br)c1. The number of carbonyl (C=O) groups excluding carboxylic acids is 1. The molecule has 0 aliphatic heterocycles. The third-order valence-electron chi connectivity index (χ3n) is 2.32. The molecule has 0 aliphatic carbocycles. The maximum Gasteiger partial charge on any atom is 0.337 e. The molecule has 4 nitrogen and oxygen atoms in total. The first-order chi connectivity index (χ1) is 9.93. The summed E-state index contributed by atoms with van der Waals surface area (Å²) in [5.74, 6) is -1.22. The Hall–Kier alpha value is -1.66. The summed E-state index contributed by atoms with van der Waals surface area (Å²) in [7, 11) is 1.36. The van der Waals surface area contributed by atoms with Gasteiger partial charge in [0.15, 0.2) is 0 Å². The summed E-state index contributed by atoms with van der Waals surface area (Å²) in [4.78, 5) is 21.3. The maximum atomic E-state index is 10.9. The van der Waals surface area contributed by atoms with Crippen LogP contribution < -0.4 is 0 Å². The van der Waals surface area contributed by atoms with Crippen LogP contribution in [0.4, 0.5) is 0 Å². The molecule has 2 rings (SSSR count). The minimum absolute atomic E-state index is 0.300. The van der Waals surface area contributed by atoms with E-state index in [0.717, 1.165) is 8.95 Å². The first-order valence-electron chi connectivity index (χ1n) is 5.76. The van der Waals surface area contributed by atoms with Gasteiger partial charge in [-0.1, -0.05) is 44.0 Å². The molecule has 0 unspecified atom stereocenters. The van der Waals surface area contributed by atoms with Crippen molar-refractivity contribution < 1.29 is 19.4 Å². The second-order valence-corrected chi connectivity index (χ2v) is 5.65. The maximum absolute atomic E-state index is 10.9. The molecule has 0 aliphatic rings. The van der Waals surface area contributed by atoms with Crippen molar-refractivity contribution in [2.45, 2.75) is 0 Å². The molecule has 21 heavy (non-hydrogen) atoms. The molecule has 0 saturated heterocycles. The Kier molecular flexibility index (Phi) is 7.11. The van der Waals surface area contributed by atoms with Crippen molar-refractivity contribution >= 4 is 43.8 Å². The highest BCUT2D eigenvalue weighted by Gasteiger charge is 2.03. The number of esters is 1. The standard InChI is InChI=1S/C8H7BrO2.C7H5BrO2/c1-11-8(10)6-3-2-4-7(9)5-6;8-6-3-1-2-5(4-6)7(9)10/h2-5H,1H3;1-4H,(H,9,10). The van der Waals surface area contributed by atoms with Gasteiger partial charge in [-0.2, -0.15) is 0 Å². The minimum Gasteiger partial charge on any atom is -0.478 e. The summed E-state index contributed by atoms with van der Waals surface area (Å²) in [6.45, 7) is 0. The number of carboxylic acids is 1. The van der Waals surface area contributed by atoms with Gasteiger partial charge < -0.3 is 9.84 Å². The lowest BCUT2D eigenvalue weighted by molar-refractivity contribution is 0.0599. The van der Waals surface area contributed by atoms with E-state index in [2.05, 4.69) is 36.6 Å². The molecule has 0 amide bonds. The van der Waals surface area contributed by atoms with Crippen molar-refractivity contribution in [2.24, 2.45) is 0 Å². The summed E-state index contributed by atoms with van der Waals surface area (Å²) >= 11 is 6.42. The topological polar surface area (TPSA) is 63.6 Å². The Labute approximate surface area is 139 Å². The molecule has 0 heterocycles. The van der Waals surface area contributed by atoms with Crippen molar-refractivity contribution in [1.29, 1.82) is 0 Å². The first kappa shape index (κ1) is 17.4. The van der Waals surface area contributed by atoms with Crippen LogP contribution >= 0.6 is 31.9 Å². The fraction of sp³-hybridized carbons (Fsp3) is 0.0667. The second kappa shape index (κ2) is 8.59. The van der Waals surface area contributed by atoms with E-state index in [9.17, 15) is 9.59 Å². The molecule has 110 valence electrons. The van der Waals surface area contributed by atoms with Gasteiger partial charge in [-0.15, -0.1) is 0 Å². The number of ether oxygens (including phenoxy) is 1. The minimum atomic E-state index is -0.902. The van der Waals surface area contributed by atoms with Crippen LogP contribution in [0, 0.1) is 0 Å². The van der Waals surface area contributed by atoms with Gasteiger partial charge in [-0.3, -0.25) is 0 Å². The zero-order valence-electron chi connectivity index (χ0n) is 11.0. The van der Waals surface area contributed by atoms with Crippen LogP contribution in [0.3, 0.4) is 0 Å². The third-order valence-corrected chi connectivity index (χ3v) is 3.30. The molecule has 6 heteroatoms. The molecule has 1 N–H and O–H groups in total. The number of rotatable bonds is 2. The smallest absolute Gasteiger partial charge is 0.337 e. The lowest BCUT2D eigenvalue weighted by atomic mass is 10.2.